The van der Waals surface area contributed by atoms with Crippen molar-refractivity contribution in [2.75, 3.05) is 10.7 Å². The van der Waals surface area contributed by atoms with E-state index in [0.29, 0.717) is 16.8 Å². The molecule has 0 atom stereocenters. The van der Waals surface area contributed by atoms with E-state index < -0.39 is 0 Å². The van der Waals surface area contributed by atoms with E-state index in [9.17, 15) is 0 Å². The SMILES string of the molecule is CCc1nc2ccccc2n1Nc1ccnc(Nc2ccc(Cl)cc2)n1. The maximum Gasteiger partial charge on any atom is 0.229 e. The summed E-state index contributed by atoms with van der Waals surface area (Å²) in [4.78, 5) is 13.5. The minimum Gasteiger partial charge on any atom is -0.324 e. The van der Waals surface area contributed by atoms with E-state index in [1.54, 1.807) is 6.20 Å². The van der Waals surface area contributed by atoms with E-state index in [2.05, 4.69) is 32.6 Å². The third-order valence-electron chi connectivity index (χ3n) is 3.93. The number of rotatable bonds is 5. The molecular formula is C19H17ClN6. The number of fused-ring (bicyclic) bond motifs is 1. The van der Waals surface area contributed by atoms with Crippen LogP contribution in [-0.2, 0) is 6.42 Å². The highest BCUT2D eigenvalue weighted by molar-refractivity contribution is 6.30. The summed E-state index contributed by atoms with van der Waals surface area (Å²) in [6.07, 6.45) is 2.51. The normalized spacial score (nSPS) is 10.8. The lowest BCUT2D eigenvalue weighted by Crippen LogP contribution is -2.14. The van der Waals surface area contributed by atoms with Crippen molar-refractivity contribution in [3.05, 3.63) is 71.6 Å². The van der Waals surface area contributed by atoms with Gasteiger partial charge in [0.15, 0.2) is 5.82 Å². The number of nitrogens with one attached hydrogen (secondary N) is 2. The van der Waals surface area contributed by atoms with Gasteiger partial charge in [0.25, 0.3) is 0 Å². The minimum absolute atomic E-state index is 0.500. The second-order valence-corrected chi connectivity index (χ2v) is 6.15. The lowest BCUT2D eigenvalue weighted by atomic mass is 10.3. The maximum absolute atomic E-state index is 5.92. The first-order chi connectivity index (χ1) is 12.7. The molecule has 0 spiro atoms. The molecular weight excluding hydrogens is 348 g/mol. The van der Waals surface area contributed by atoms with Gasteiger partial charge in [0.05, 0.1) is 11.0 Å². The number of aromatic nitrogens is 4. The second-order valence-electron chi connectivity index (χ2n) is 5.71. The lowest BCUT2D eigenvalue weighted by molar-refractivity contribution is 0.848. The van der Waals surface area contributed by atoms with Crippen LogP contribution in [0, 0.1) is 0 Å². The minimum atomic E-state index is 0.500. The molecule has 0 radical (unpaired) electrons. The molecule has 2 aromatic heterocycles. The number of para-hydroxylation sites is 2. The number of halogens is 1. The van der Waals surface area contributed by atoms with Crippen molar-refractivity contribution in [2.24, 2.45) is 0 Å². The molecule has 26 heavy (non-hydrogen) atoms. The van der Waals surface area contributed by atoms with E-state index in [-0.39, 0.29) is 0 Å². The summed E-state index contributed by atoms with van der Waals surface area (Å²) in [5.41, 5.74) is 6.15. The Balaban J connectivity index is 1.62. The van der Waals surface area contributed by atoms with E-state index in [4.69, 9.17) is 11.6 Å². The molecule has 2 aromatic carbocycles. The molecule has 0 saturated heterocycles. The van der Waals surface area contributed by atoms with Crippen LogP contribution in [0.4, 0.5) is 17.5 Å². The van der Waals surface area contributed by atoms with E-state index >= 15 is 0 Å². The first-order valence-corrected chi connectivity index (χ1v) is 8.70. The zero-order valence-electron chi connectivity index (χ0n) is 14.1. The Morgan fingerprint density at radius 1 is 1.00 bits per heavy atom. The van der Waals surface area contributed by atoms with Gasteiger partial charge in [-0.05, 0) is 36.4 Å². The predicted octanol–water partition coefficient (Wildman–Crippen LogP) is 4.66. The van der Waals surface area contributed by atoms with Gasteiger partial charge in [-0.2, -0.15) is 4.98 Å². The number of imidazole rings is 1. The molecule has 6 nitrogen and oxygen atoms in total. The van der Waals surface area contributed by atoms with Crippen molar-refractivity contribution < 1.29 is 0 Å². The first-order valence-electron chi connectivity index (χ1n) is 8.32. The first kappa shape index (κ1) is 16.4. The van der Waals surface area contributed by atoms with Gasteiger partial charge in [0.2, 0.25) is 5.95 Å². The summed E-state index contributed by atoms with van der Waals surface area (Å²) < 4.78 is 1.96. The predicted molar refractivity (Wildman–Crippen MR) is 105 cm³/mol. The zero-order valence-corrected chi connectivity index (χ0v) is 14.9. The molecule has 0 aliphatic carbocycles. The standard InChI is InChI=1S/C19H17ClN6/c1-2-18-23-15-5-3-4-6-16(15)26(18)25-17-11-12-21-19(24-17)22-14-9-7-13(20)8-10-14/h3-12H,2H2,1H3,(H2,21,22,24,25). The molecule has 4 aromatic rings. The molecule has 0 saturated carbocycles. The van der Waals surface area contributed by atoms with Gasteiger partial charge in [0, 0.05) is 29.4 Å². The molecule has 0 bridgehead atoms. The number of hydrogen-bond acceptors (Lipinski definition) is 5. The van der Waals surface area contributed by atoms with Gasteiger partial charge in [-0.3, -0.25) is 5.43 Å². The molecule has 0 aliphatic heterocycles. The number of hydrogen-bond donors (Lipinski definition) is 2. The van der Waals surface area contributed by atoms with Crippen molar-refractivity contribution in [3.8, 4) is 0 Å². The van der Waals surface area contributed by atoms with Gasteiger partial charge in [-0.1, -0.05) is 30.7 Å². The van der Waals surface area contributed by atoms with Crippen LogP contribution in [0.5, 0.6) is 0 Å². The van der Waals surface area contributed by atoms with Gasteiger partial charge in [-0.25, -0.2) is 14.6 Å². The Morgan fingerprint density at radius 3 is 2.62 bits per heavy atom. The van der Waals surface area contributed by atoms with E-state index in [0.717, 1.165) is 29.0 Å². The number of aryl methyl sites for hydroxylation is 1. The van der Waals surface area contributed by atoms with Crippen LogP contribution < -0.4 is 10.7 Å². The van der Waals surface area contributed by atoms with Crippen molar-refractivity contribution in [1.82, 2.24) is 19.6 Å². The van der Waals surface area contributed by atoms with Crippen LogP contribution >= 0.6 is 11.6 Å². The molecule has 0 unspecified atom stereocenters. The third kappa shape index (κ3) is 3.32. The Kier molecular flexibility index (Phi) is 4.41. The van der Waals surface area contributed by atoms with Crippen LogP contribution in [0.25, 0.3) is 11.0 Å². The van der Waals surface area contributed by atoms with Crippen LogP contribution in [-0.4, -0.2) is 19.6 Å². The van der Waals surface area contributed by atoms with Crippen molar-refractivity contribution >= 4 is 40.1 Å². The number of anilines is 3. The highest BCUT2D eigenvalue weighted by Crippen LogP contribution is 2.19. The highest BCUT2D eigenvalue weighted by atomic mass is 35.5. The topological polar surface area (TPSA) is 67.7 Å². The Bertz CT molecular complexity index is 1040. The summed E-state index contributed by atoms with van der Waals surface area (Å²) in [6.45, 7) is 2.08. The summed E-state index contributed by atoms with van der Waals surface area (Å²) in [6, 6.07) is 17.2. The summed E-state index contributed by atoms with van der Waals surface area (Å²) in [5.74, 6) is 2.12. The molecule has 4 rings (SSSR count). The average molecular weight is 365 g/mol. The maximum atomic E-state index is 5.92. The zero-order chi connectivity index (χ0) is 17.9. The summed E-state index contributed by atoms with van der Waals surface area (Å²) in [7, 11) is 0. The quantitative estimate of drug-likeness (QED) is 0.539. The molecule has 2 heterocycles. The molecule has 2 N–H and O–H groups in total. The van der Waals surface area contributed by atoms with Gasteiger partial charge >= 0.3 is 0 Å². The lowest BCUT2D eigenvalue weighted by Gasteiger charge is -2.12. The largest absolute Gasteiger partial charge is 0.324 e. The fraction of sp³-hybridized carbons (Fsp3) is 0.105. The van der Waals surface area contributed by atoms with Crippen LogP contribution in [0.3, 0.4) is 0 Å². The molecule has 0 aliphatic rings. The highest BCUT2D eigenvalue weighted by Gasteiger charge is 2.10. The van der Waals surface area contributed by atoms with Crippen molar-refractivity contribution in [1.29, 1.82) is 0 Å². The Labute approximate surface area is 155 Å². The molecule has 7 heteroatoms. The van der Waals surface area contributed by atoms with Crippen LogP contribution in [0.1, 0.15) is 12.7 Å². The van der Waals surface area contributed by atoms with Gasteiger partial charge in [0.1, 0.15) is 5.82 Å². The fourth-order valence-corrected chi connectivity index (χ4v) is 2.82. The molecule has 0 fully saturated rings. The monoisotopic (exact) mass is 364 g/mol. The third-order valence-corrected chi connectivity index (χ3v) is 4.18. The van der Waals surface area contributed by atoms with Gasteiger partial charge < -0.3 is 5.32 Å². The Hall–Kier alpha value is -3.12. The Morgan fingerprint density at radius 2 is 1.81 bits per heavy atom. The van der Waals surface area contributed by atoms with Crippen LogP contribution in [0.2, 0.25) is 5.02 Å². The van der Waals surface area contributed by atoms with Crippen LogP contribution in [0.15, 0.2) is 60.8 Å². The molecule has 0 amide bonds. The summed E-state index contributed by atoms with van der Waals surface area (Å²) >= 11 is 5.92. The van der Waals surface area contributed by atoms with Gasteiger partial charge in [-0.15, -0.1) is 0 Å². The van der Waals surface area contributed by atoms with Crippen molar-refractivity contribution in [3.63, 3.8) is 0 Å². The smallest absolute Gasteiger partial charge is 0.229 e. The van der Waals surface area contributed by atoms with E-state index in [1.807, 2.05) is 59.3 Å². The second kappa shape index (κ2) is 7.01. The number of nitrogens with zero attached hydrogens (tertiary/aromatic N) is 4. The molecule has 130 valence electrons. The fourth-order valence-electron chi connectivity index (χ4n) is 2.70. The number of benzene rings is 2. The average Bonchev–Trinajstić information content (AvgIpc) is 3.02. The van der Waals surface area contributed by atoms with E-state index in [1.165, 1.54) is 0 Å². The van der Waals surface area contributed by atoms with Crippen molar-refractivity contribution in [2.45, 2.75) is 13.3 Å². The summed E-state index contributed by atoms with van der Waals surface area (Å²) in [5, 5.41) is 3.86.